The number of amides is 1. The predicted octanol–water partition coefficient (Wildman–Crippen LogP) is 2.41. The van der Waals surface area contributed by atoms with Gasteiger partial charge in [-0.25, -0.2) is 0 Å². The van der Waals surface area contributed by atoms with Crippen LogP contribution in [0.1, 0.15) is 37.9 Å². The van der Waals surface area contributed by atoms with Crippen LogP contribution in [0, 0.1) is 6.92 Å². The molecule has 0 aliphatic heterocycles. The molecule has 0 atom stereocenters. The summed E-state index contributed by atoms with van der Waals surface area (Å²) in [5.74, 6) is -0.00243. The minimum atomic E-state index is -0.290. The number of rotatable bonds is 6. The third-order valence-corrected chi connectivity index (χ3v) is 3.38. The number of hydrogen-bond donors (Lipinski definition) is 2. The van der Waals surface area contributed by atoms with Crippen molar-refractivity contribution in [3.8, 4) is 0 Å². The van der Waals surface area contributed by atoms with E-state index in [1.807, 2.05) is 32.9 Å². The van der Waals surface area contributed by atoms with Crippen molar-refractivity contribution >= 4 is 30.7 Å². The number of nitrogens with one attached hydrogen (secondary N) is 1. The van der Waals surface area contributed by atoms with Gasteiger partial charge in [0.05, 0.1) is 6.42 Å². The van der Waals surface area contributed by atoms with Crippen molar-refractivity contribution in [1.29, 1.82) is 0 Å². The van der Waals surface area contributed by atoms with Crippen LogP contribution >= 0.6 is 24.8 Å². The van der Waals surface area contributed by atoms with Gasteiger partial charge in [-0.15, -0.1) is 24.8 Å². The van der Waals surface area contributed by atoms with Crippen LogP contribution in [0.25, 0.3) is 0 Å². The molecule has 0 spiro atoms. The molecule has 20 heavy (non-hydrogen) atoms. The highest BCUT2D eigenvalue weighted by Gasteiger charge is 2.20. The first kappa shape index (κ1) is 21.5. The first-order chi connectivity index (χ1) is 8.49. The predicted molar refractivity (Wildman–Crippen MR) is 87.7 cm³/mol. The molecule has 6 heteroatoms. The van der Waals surface area contributed by atoms with E-state index in [0.717, 1.165) is 24.1 Å². The molecule has 1 rings (SSSR count). The molecule has 0 fully saturated rings. The molecule has 1 aromatic heterocycles. The average molecular weight is 322 g/mol. The molecule has 4 nitrogen and oxygen atoms in total. The maximum atomic E-state index is 11.8. The van der Waals surface area contributed by atoms with Crippen LogP contribution in [0.15, 0.2) is 18.3 Å². The second kappa shape index (κ2) is 9.97. The van der Waals surface area contributed by atoms with E-state index in [4.69, 9.17) is 5.73 Å². The number of nitrogens with zero attached hydrogens (tertiary/aromatic N) is 1. The lowest BCUT2D eigenvalue weighted by molar-refractivity contribution is -0.120. The summed E-state index contributed by atoms with van der Waals surface area (Å²) in [6, 6.07) is 3.84. The van der Waals surface area contributed by atoms with Gasteiger partial charge in [0.2, 0.25) is 5.91 Å². The molecule has 1 heterocycles. The molecule has 0 radical (unpaired) electrons. The van der Waals surface area contributed by atoms with E-state index in [1.165, 1.54) is 0 Å². The van der Waals surface area contributed by atoms with E-state index >= 15 is 0 Å². The monoisotopic (exact) mass is 321 g/mol. The van der Waals surface area contributed by atoms with E-state index in [-0.39, 0.29) is 36.3 Å². The lowest BCUT2D eigenvalue weighted by atomic mass is 9.94. The van der Waals surface area contributed by atoms with E-state index in [1.54, 1.807) is 6.20 Å². The van der Waals surface area contributed by atoms with E-state index in [0.29, 0.717) is 13.0 Å². The fourth-order valence-corrected chi connectivity index (χ4v) is 1.63. The Balaban J connectivity index is 0. The molecular weight excluding hydrogens is 297 g/mol. The Labute approximate surface area is 133 Å². The highest BCUT2D eigenvalue weighted by Crippen LogP contribution is 2.09. The van der Waals surface area contributed by atoms with Crippen LogP contribution in [0.4, 0.5) is 0 Å². The van der Waals surface area contributed by atoms with Crippen molar-refractivity contribution in [1.82, 2.24) is 10.3 Å². The van der Waals surface area contributed by atoms with Gasteiger partial charge in [0.15, 0.2) is 0 Å². The molecule has 3 N–H and O–H groups in total. The third kappa shape index (κ3) is 7.08. The number of nitrogens with two attached hydrogens (primary N) is 1. The van der Waals surface area contributed by atoms with Crippen molar-refractivity contribution in [2.24, 2.45) is 5.73 Å². The van der Waals surface area contributed by atoms with Crippen LogP contribution < -0.4 is 11.1 Å². The van der Waals surface area contributed by atoms with Crippen molar-refractivity contribution < 1.29 is 4.79 Å². The normalized spacial score (nSPS) is 10.2. The molecule has 1 amide bonds. The van der Waals surface area contributed by atoms with Crippen molar-refractivity contribution in [2.75, 3.05) is 6.54 Å². The summed E-state index contributed by atoms with van der Waals surface area (Å²) < 4.78 is 0. The van der Waals surface area contributed by atoms with Crippen LogP contribution in [-0.2, 0) is 11.2 Å². The lowest BCUT2D eigenvalue weighted by Crippen LogP contribution is -2.49. The lowest BCUT2D eigenvalue weighted by Gasteiger charge is -2.26. The summed E-state index contributed by atoms with van der Waals surface area (Å²) in [7, 11) is 0. The number of hydrogen-bond acceptors (Lipinski definition) is 3. The quantitative estimate of drug-likeness (QED) is 0.845. The van der Waals surface area contributed by atoms with Crippen LogP contribution in [0.5, 0.6) is 0 Å². The summed E-state index contributed by atoms with van der Waals surface area (Å²) in [5, 5.41) is 2.90. The molecule has 0 bridgehead atoms. The van der Waals surface area contributed by atoms with Gasteiger partial charge >= 0.3 is 0 Å². The third-order valence-electron chi connectivity index (χ3n) is 3.38. The zero-order chi connectivity index (χ0) is 13.6. The van der Waals surface area contributed by atoms with E-state index in [9.17, 15) is 4.79 Å². The molecular formula is C14H25Cl2N3O. The summed E-state index contributed by atoms with van der Waals surface area (Å²) in [6.07, 6.45) is 3.81. The Morgan fingerprint density at radius 3 is 2.35 bits per heavy atom. The summed E-state index contributed by atoms with van der Waals surface area (Å²) in [4.78, 5) is 16.0. The highest BCUT2D eigenvalue weighted by molar-refractivity contribution is 5.85. The SMILES string of the molecule is CCC(N)(CC)CNC(=O)Cc1ccc(C)nc1.Cl.Cl. The van der Waals surface area contributed by atoms with Crippen LogP contribution in [0.2, 0.25) is 0 Å². The van der Waals surface area contributed by atoms with Gasteiger partial charge in [0.25, 0.3) is 0 Å². The number of pyridine rings is 1. The van der Waals surface area contributed by atoms with Crippen LogP contribution in [-0.4, -0.2) is 23.0 Å². The zero-order valence-corrected chi connectivity index (χ0v) is 13.9. The topological polar surface area (TPSA) is 68.0 Å². The van der Waals surface area contributed by atoms with Gasteiger partial charge in [-0.3, -0.25) is 9.78 Å². The van der Waals surface area contributed by atoms with Gasteiger partial charge in [0, 0.05) is 24.0 Å². The summed E-state index contributed by atoms with van der Waals surface area (Å²) in [6.45, 7) is 6.53. The Morgan fingerprint density at radius 1 is 1.30 bits per heavy atom. The number of carbonyl (C=O) groups is 1. The minimum absolute atomic E-state index is 0. The average Bonchev–Trinajstić information content (AvgIpc) is 2.39. The molecule has 116 valence electrons. The zero-order valence-electron chi connectivity index (χ0n) is 12.3. The molecule has 0 aliphatic carbocycles. The first-order valence-corrected chi connectivity index (χ1v) is 6.46. The second-order valence-electron chi connectivity index (χ2n) is 4.83. The fraction of sp³-hybridized carbons (Fsp3) is 0.571. The maximum absolute atomic E-state index is 11.8. The molecule has 0 aliphatic rings. The van der Waals surface area contributed by atoms with E-state index in [2.05, 4.69) is 10.3 Å². The smallest absolute Gasteiger partial charge is 0.224 e. The van der Waals surface area contributed by atoms with Crippen molar-refractivity contribution in [2.45, 2.75) is 45.6 Å². The summed E-state index contributed by atoms with van der Waals surface area (Å²) in [5.41, 5.74) is 7.72. The molecule has 0 saturated carbocycles. The largest absolute Gasteiger partial charge is 0.354 e. The molecule has 1 aromatic rings. The number of carbonyl (C=O) groups excluding carboxylic acids is 1. The van der Waals surface area contributed by atoms with Gasteiger partial charge in [-0.2, -0.15) is 0 Å². The number of halogens is 2. The first-order valence-electron chi connectivity index (χ1n) is 6.46. The van der Waals surface area contributed by atoms with Gasteiger partial charge in [-0.05, 0) is 31.4 Å². The standard InChI is InChI=1S/C14H23N3O.2ClH/c1-4-14(15,5-2)10-17-13(18)8-12-7-6-11(3)16-9-12;;/h6-7,9H,4-5,8,10,15H2,1-3H3,(H,17,18);2*1H. The Morgan fingerprint density at radius 2 is 1.90 bits per heavy atom. The Bertz CT molecular complexity index is 392. The van der Waals surface area contributed by atoms with Crippen molar-refractivity contribution in [3.63, 3.8) is 0 Å². The highest BCUT2D eigenvalue weighted by atomic mass is 35.5. The molecule has 0 unspecified atom stereocenters. The maximum Gasteiger partial charge on any atom is 0.224 e. The Kier molecular flexibility index (Phi) is 10.7. The van der Waals surface area contributed by atoms with Gasteiger partial charge < -0.3 is 11.1 Å². The molecule has 0 saturated heterocycles. The van der Waals surface area contributed by atoms with Gasteiger partial charge in [-0.1, -0.05) is 19.9 Å². The summed E-state index contributed by atoms with van der Waals surface area (Å²) >= 11 is 0. The number of aromatic nitrogens is 1. The Hall–Kier alpha value is -0.840. The molecule has 0 aromatic carbocycles. The van der Waals surface area contributed by atoms with Gasteiger partial charge in [0.1, 0.15) is 0 Å². The fourth-order valence-electron chi connectivity index (χ4n) is 1.63. The van der Waals surface area contributed by atoms with Crippen LogP contribution in [0.3, 0.4) is 0 Å². The second-order valence-corrected chi connectivity index (χ2v) is 4.83. The number of aryl methyl sites for hydroxylation is 1. The van der Waals surface area contributed by atoms with Crippen molar-refractivity contribution in [3.05, 3.63) is 29.6 Å². The van der Waals surface area contributed by atoms with E-state index < -0.39 is 0 Å². The minimum Gasteiger partial charge on any atom is -0.354 e.